The Bertz CT molecular complexity index is 826. The van der Waals surface area contributed by atoms with Crippen LogP contribution in [-0.2, 0) is 14.3 Å². The van der Waals surface area contributed by atoms with E-state index in [1.165, 1.54) is 35.6 Å². The smallest absolute Gasteiger partial charge is 0.387 e. The summed E-state index contributed by atoms with van der Waals surface area (Å²) in [6.07, 6.45) is 0. The fourth-order valence-electron chi connectivity index (χ4n) is 2.26. The molecule has 0 aliphatic heterocycles. The molecule has 0 spiro atoms. The summed E-state index contributed by atoms with van der Waals surface area (Å²) in [6.45, 7) is -0.0244. The molecule has 0 aliphatic rings. The fraction of sp³-hybridized carbons (Fsp3) is 0.316. The summed E-state index contributed by atoms with van der Waals surface area (Å²) in [6, 6.07) is 7.71. The minimum atomic E-state index is -2.94. The van der Waals surface area contributed by atoms with Crippen LogP contribution in [0.25, 0.3) is 0 Å². The van der Waals surface area contributed by atoms with Gasteiger partial charge >= 0.3 is 12.6 Å². The van der Waals surface area contributed by atoms with Crippen LogP contribution in [-0.4, -0.2) is 37.0 Å². The molecular weight excluding hydrogens is 406 g/mol. The molecule has 2 amide bonds. The molecule has 29 heavy (non-hydrogen) atoms. The van der Waals surface area contributed by atoms with E-state index < -0.39 is 37.0 Å². The number of carbonyl (C=O) groups excluding carboxylic acids is 3. The van der Waals surface area contributed by atoms with Gasteiger partial charge in [0, 0.05) is 5.69 Å². The predicted octanol–water partition coefficient (Wildman–Crippen LogP) is 3.29. The van der Waals surface area contributed by atoms with E-state index in [9.17, 15) is 23.2 Å². The van der Waals surface area contributed by atoms with Crippen LogP contribution in [0.1, 0.15) is 23.5 Å². The van der Waals surface area contributed by atoms with E-state index >= 15 is 0 Å². The summed E-state index contributed by atoms with van der Waals surface area (Å²) < 4.78 is 33.5. The minimum Gasteiger partial charge on any atom is -0.454 e. The van der Waals surface area contributed by atoms with Crippen LogP contribution in [0.2, 0.25) is 0 Å². The Labute approximate surface area is 170 Å². The van der Waals surface area contributed by atoms with Crippen molar-refractivity contribution in [1.29, 1.82) is 0 Å². The number of anilines is 1. The van der Waals surface area contributed by atoms with E-state index in [1.807, 2.05) is 0 Å². The lowest BCUT2D eigenvalue weighted by molar-refractivity contribution is -0.150. The second-order valence-corrected chi connectivity index (χ2v) is 7.18. The zero-order chi connectivity index (χ0) is 21.4. The third-order valence-electron chi connectivity index (χ3n) is 3.66. The third kappa shape index (κ3) is 7.15. The highest BCUT2D eigenvalue weighted by molar-refractivity contribution is 7.12. The number of halogens is 2. The van der Waals surface area contributed by atoms with Crippen molar-refractivity contribution in [1.82, 2.24) is 5.32 Å². The second kappa shape index (κ2) is 10.5. The molecule has 10 heteroatoms. The predicted molar refractivity (Wildman–Crippen MR) is 103 cm³/mol. The Balaban J connectivity index is 1.85. The molecule has 0 bridgehead atoms. The normalized spacial score (nSPS) is 11.8. The number of ether oxygens (including phenoxy) is 2. The lowest BCUT2D eigenvalue weighted by atomic mass is 10.0. The Morgan fingerprint density at radius 2 is 1.79 bits per heavy atom. The second-order valence-electron chi connectivity index (χ2n) is 6.23. The van der Waals surface area contributed by atoms with Crippen molar-refractivity contribution in [2.75, 3.05) is 11.9 Å². The van der Waals surface area contributed by atoms with Gasteiger partial charge in [-0.05, 0) is 41.6 Å². The average Bonchev–Trinajstić information content (AvgIpc) is 3.20. The number of hydrogen-bond acceptors (Lipinski definition) is 6. The quantitative estimate of drug-likeness (QED) is 0.600. The maximum absolute atomic E-state index is 12.3. The maximum atomic E-state index is 12.3. The van der Waals surface area contributed by atoms with Gasteiger partial charge in [0.1, 0.15) is 11.8 Å². The topological polar surface area (TPSA) is 93.7 Å². The number of thiophene rings is 1. The molecule has 156 valence electrons. The molecule has 1 aromatic carbocycles. The summed E-state index contributed by atoms with van der Waals surface area (Å²) in [5.74, 6) is -2.05. The van der Waals surface area contributed by atoms with Crippen LogP contribution in [0.3, 0.4) is 0 Å². The van der Waals surface area contributed by atoms with Gasteiger partial charge in [0.15, 0.2) is 6.61 Å². The maximum Gasteiger partial charge on any atom is 0.387 e. The van der Waals surface area contributed by atoms with Crippen LogP contribution in [0, 0.1) is 5.92 Å². The summed E-state index contributed by atoms with van der Waals surface area (Å²) >= 11 is 1.24. The molecule has 0 aliphatic carbocycles. The van der Waals surface area contributed by atoms with Crippen LogP contribution in [0.5, 0.6) is 5.75 Å². The Morgan fingerprint density at radius 3 is 2.34 bits per heavy atom. The van der Waals surface area contributed by atoms with Crippen molar-refractivity contribution in [2.45, 2.75) is 26.5 Å². The third-order valence-corrected chi connectivity index (χ3v) is 4.53. The molecule has 0 fully saturated rings. The number of esters is 1. The van der Waals surface area contributed by atoms with Crippen molar-refractivity contribution in [3.8, 4) is 5.75 Å². The van der Waals surface area contributed by atoms with Crippen LogP contribution in [0.15, 0.2) is 41.8 Å². The molecule has 1 aromatic heterocycles. The van der Waals surface area contributed by atoms with E-state index in [0.29, 0.717) is 10.6 Å². The van der Waals surface area contributed by atoms with Gasteiger partial charge < -0.3 is 20.1 Å². The van der Waals surface area contributed by atoms with Crippen molar-refractivity contribution >= 4 is 34.8 Å². The molecule has 2 rings (SSSR count). The molecule has 2 N–H and O–H groups in total. The molecule has 7 nitrogen and oxygen atoms in total. The van der Waals surface area contributed by atoms with E-state index in [4.69, 9.17) is 4.74 Å². The van der Waals surface area contributed by atoms with Crippen molar-refractivity contribution in [3.05, 3.63) is 46.7 Å². The van der Waals surface area contributed by atoms with Crippen LogP contribution < -0.4 is 15.4 Å². The molecule has 1 unspecified atom stereocenters. The van der Waals surface area contributed by atoms with Gasteiger partial charge in [0.25, 0.3) is 11.8 Å². The number of benzene rings is 1. The minimum absolute atomic E-state index is 0.0503. The summed E-state index contributed by atoms with van der Waals surface area (Å²) in [5, 5.41) is 6.81. The Morgan fingerprint density at radius 1 is 1.10 bits per heavy atom. The van der Waals surface area contributed by atoms with Gasteiger partial charge in [-0.25, -0.2) is 4.79 Å². The zero-order valence-corrected chi connectivity index (χ0v) is 16.5. The lowest BCUT2D eigenvalue weighted by Crippen LogP contribution is -2.45. The van der Waals surface area contributed by atoms with Gasteiger partial charge in [-0.2, -0.15) is 8.78 Å². The fourth-order valence-corrected chi connectivity index (χ4v) is 2.89. The zero-order valence-electron chi connectivity index (χ0n) is 15.7. The number of carbonyl (C=O) groups is 3. The number of alkyl halides is 2. The van der Waals surface area contributed by atoms with Gasteiger partial charge in [0.2, 0.25) is 0 Å². The van der Waals surface area contributed by atoms with Crippen molar-refractivity contribution in [2.24, 2.45) is 5.92 Å². The first kappa shape index (κ1) is 22.3. The molecule has 0 radical (unpaired) electrons. The molecule has 1 heterocycles. The Hall–Kier alpha value is -3.01. The van der Waals surface area contributed by atoms with Crippen molar-refractivity contribution < 1.29 is 32.6 Å². The first-order valence-corrected chi connectivity index (χ1v) is 9.50. The summed E-state index contributed by atoms with van der Waals surface area (Å²) in [7, 11) is 0. The largest absolute Gasteiger partial charge is 0.454 e. The molecule has 2 aromatic rings. The van der Waals surface area contributed by atoms with E-state index in [1.54, 1.807) is 31.4 Å². The number of rotatable bonds is 9. The molecule has 0 saturated heterocycles. The monoisotopic (exact) mass is 426 g/mol. The highest BCUT2D eigenvalue weighted by atomic mass is 32.1. The summed E-state index contributed by atoms with van der Waals surface area (Å²) in [5.41, 5.74) is 0.319. The van der Waals surface area contributed by atoms with Crippen LogP contribution >= 0.6 is 11.3 Å². The highest BCUT2D eigenvalue weighted by Gasteiger charge is 2.27. The van der Waals surface area contributed by atoms with Gasteiger partial charge in [-0.3, -0.25) is 9.59 Å². The number of amides is 2. The van der Waals surface area contributed by atoms with Gasteiger partial charge in [0.05, 0.1) is 4.88 Å². The average molecular weight is 426 g/mol. The molecule has 0 saturated carbocycles. The first-order chi connectivity index (χ1) is 13.8. The van der Waals surface area contributed by atoms with E-state index in [2.05, 4.69) is 15.4 Å². The van der Waals surface area contributed by atoms with Gasteiger partial charge in [-0.15, -0.1) is 11.3 Å². The van der Waals surface area contributed by atoms with E-state index in [-0.39, 0.29) is 11.7 Å². The van der Waals surface area contributed by atoms with E-state index in [0.717, 1.165) is 0 Å². The lowest BCUT2D eigenvalue weighted by Gasteiger charge is -2.20. The molecular formula is C19H20F2N2O5S. The SMILES string of the molecule is CC(C)C(NC(=O)c1cccs1)C(=O)OCC(=O)Nc1ccc(OC(F)F)cc1. The highest BCUT2D eigenvalue weighted by Crippen LogP contribution is 2.17. The Kier molecular flexibility index (Phi) is 8.08. The number of nitrogens with one attached hydrogen (secondary N) is 2. The molecule has 1 atom stereocenters. The first-order valence-electron chi connectivity index (χ1n) is 8.62. The summed E-state index contributed by atoms with van der Waals surface area (Å²) in [4.78, 5) is 36.9. The van der Waals surface area contributed by atoms with Crippen LogP contribution in [0.4, 0.5) is 14.5 Å². The standard InChI is InChI=1S/C19H20F2N2O5S/c1-11(2)16(23-17(25)14-4-3-9-29-14)18(26)27-10-15(24)22-12-5-7-13(8-6-12)28-19(20)21/h3-9,11,16,19H,10H2,1-2H3,(H,22,24)(H,23,25). The number of hydrogen-bond donors (Lipinski definition) is 2. The van der Waals surface area contributed by atoms with Crippen molar-refractivity contribution in [3.63, 3.8) is 0 Å². The van der Waals surface area contributed by atoms with Gasteiger partial charge in [-0.1, -0.05) is 19.9 Å².